The van der Waals surface area contributed by atoms with Gasteiger partial charge in [0.25, 0.3) is 0 Å². The van der Waals surface area contributed by atoms with Crippen molar-refractivity contribution >= 4 is 5.91 Å². The molecule has 0 bridgehead atoms. The molecule has 3 heteroatoms. The zero-order chi connectivity index (χ0) is 13.9. The van der Waals surface area contributed by atoms with Gasteiger partial charge >= 0.3 is 0 Å². The number of nitrogens with two attached hydrogens (primary N) is 1. The van der Waals surface area contributed by atoms with Crippen molar-refractivity contribution in [3.05, 3.63) is 35.9 Å². The van der Waals surface area contributed by atoms with Gasteiger partial charge in [0.05, 0.1) is 6.04 Å². The molecule has 2 fully saturated rings. The lowest BCUT2D eigenvalue weighted by Crippen LogP contribution is -2.47. The second kappa shape index (κ2) is 5.96. The van der Waals surface area contributed by atoms with Gasteiger partial charge in [-0.05, 0) is 55.9 Å². The number of carbonyl (C=O) groups is 1. The summed E-state index contributed by atoms with van der Waals surface area (Å²) in [6.07, 6.45) is 6.70. The molecular formula is C17H24N2O. The number of rotatable bonds is 7. The zero-order valence-electron chi connectivity index (χ0n) is 11.9. The van der Waals surface area contributed by atoms with E-state index < -0.39 is 0 Å². The van der Waals surface area contributed by atoms with E-state index in [0.717, 1.165) is 24.7 Å². The Morgan fingerprint density at radius 2 is 1.75 bits per heavy atom. The van der Waals surface area contributed by atoms with Crippen LogP contribution in [0.3, 0.4) is 0 Å². The third-order valence-corrected chi connectivity index (χ3v) is 4.49. The van der Waals surface area contributed by atoms with Crippen LogP contribution in [-0.2, 0) is 11.2 Å². The fraction of sp³-hybridized carbons (Fsp3) is 0.588. The molecule has 3 rings (SSSR count). The van der Waals surface area contributed by atoms with Crippen LogP contribution >= 0.6 is 0 Å². The average Bonchev–Trinajstić information content (AvgIpc) is 3.36. The minimum absolute atomic E-state index is 0.0460. The molecule has 1 aromatic carbocycles. The lowest BCUT2D eigenvalue weighted by atomic mass is 10.0. The highest BCUT2D eigenvalue weighted by atomic mass is 16.2. The fourth-order valence-electron chi connectivity index (χ4n) is 2.90. The van der Waals surface area contributed by atoms with Crippen LogP contribution in [0.5, 0.6) is 0 Å². The van der Waals surface area contributed by atoms with Gasteiger partial charge < -0.3 is 11.1 Å². The Labute approximate surface area is 120 Å². The number of nitrogens with one attached hydrogen (secondary N) is 1. The van der Waals surface area contributed by atoms with Gasteiger partial charge in [-0.2, -0.15) is 0 Å². The summed E-state index contributed by atoms with van der Waals surface area (Å²) < 4.78 is 0. The quantitative estimate of drug-likeness (QED) is 0.800. The fourth-order valence-corrected chi connectivity index (χ4v) is 2.90. The maximum Gasteiger partial charge on any atom is 0.237 e. The summed E-state index contributed by atoms with van der Waals surface area (Å²) >= 11 is 0. The van der Waals surface area contributed by atoms with Crippen LogP contribution in [0.4, 0.5) is 0 Å². The van der Waals surface area contributed by atoms with E-state index in [4.69, 9.17) is 5.73 Å². The summed E-state index contributed by atoms with van der Waals surface area (Å²) in [5.74, 6) is 1.50. The molecule has 0 radical (unpaired) electrons. The Hall–Kier alpha value is -1.35. The van der Waals surface area contributed by atoms with Gasteiger partial charge in [-0.1, -0.05) is 30.3 Å². The minimum atomic E-state index is -0.379. The molecule has 20 heavy (non-hydrogen) atoms. The molecule has 108 valence electrons. The van der Waals surface area contributed by atoms with E-state index in [1.807, 2.05) is 18.2 Å². The lowest BCUT2D eigenvalue weighted by Gasteiger charge is -2.20. The van der Waals surface area contributed by atoms with Crippen LogP contribution in [0.2, 0.25) is 0 Å². The van der Waals surface area contributed by atoms with Crippen molar-refractivity contribution in [2.24, 2.45) is 17.6 Å². The summed E-state index contributed by atoms with van der Waals surface area (Å²) in [5, 5.41) is 3.21. The molecular weight excluding hydrogens is 248 g/mol. The zero-order valence-corrected chi connectivity index (χ0v) is 11.9. The molecule has 0 aliphatic heterocycles. The van der Waals surface area contributed by atoms with E-state index in [-0.39, 0.29) is 11.9 Å². The van der Waals surface area contributed by atoms with Crippen LogP contribution in [0.25, 0.3) is 0 Å². The Kier molecular flexibility index (Phi) is 4.06. The van der Waals surface area contributed by atoms with Crippen LogP contribution in [0.1, 0.15) is 37.7 Å². The third-order valence-electron chi connectivity index (χ3n) is 4.49. The Morgan fingerprint density at radius 1 is 1.15 bits per heavy atom. The molecule has 1 aromatic rings. The van der Waals surface area contributed by atoms with Crippen molar-refractivity contribution in [3.63, 3.8) is 0 Å². The van der Waals surface area contributed by atoms with Gasteiger partial charge in [-0.15, -0.1) is 0 Å². The predicted octanol–water partition coefficient (Wildman–Crippen LogP) is 2.25. The van der Waals surface area contributed by atoms with Crippen molar-refractivity contribution in [3.8, 4) is 0 Å². The highest BCUT2D eigenvalue weighted by Crippen LogP contribution is 2.44. The van der Waals surface area contributed by atoms with Gasteiger partial charge in [0, 0.05) is 6.04 Å². The van der Waals surface area contributed by atoms with E-state index in [9.17, 15) is 4.79 Å². The van der Waals surface area contributed by atoms with Crippen molar-refractivity contribution in [1.82, 2.24) is 5.32 Å². The van der Waals surface area contributed by atoms with Gasteiger partial charge in [-0.3, -0.25) is 4.79 Å². The second-order valence-electron chi connectivity index (χ2n) is 6.34. The maximum absolute atomic E-state index is 12.2. The summed E-state index contributed by atoms with van der Waals surface area (Å²) in [4.78, 5) is 12.2. The van der Waals surface area contributed by atoms with Crippen LogP contribution < -0.4 is 11.1 Å². The van der Waals surface area contributed by atoms with E-state index >= 15 is 0 Å². The number of amides is 1. The first-order valence-corrected chi connectivity index (χ1v) is 7.84. The third kappa shape index (κ3) is 3.60. The van der Waals surface area contributed by atoms with Crippen molar-refractivity contribution in [2.45, 2.75) is 50.6 Å². The molecule has 0 aromatic heterocycles. The molecule has 0 heterocycles. The Balaban J connectivity index is 1.46. The molecule has 2 aliphatic rings. The van der Waals surface area contributed by atoms with Crippen molar-refractivity contribution < 1.29 is 4.79 Å². The average molecular weight is 272 g/mol. The first-order chi connectivity index (χ1) is 9.74. The molecule has 1 amide bonds. The standard InChI is InChI=1S/C17H24N2O/c18-15(11-6-12-4-2-1-3-5-12)17(20)19-16(13-7-8-13)14-9-10-14/h1-5,13-16H,6-11,18H2,(H,19,20). The number of benzene rings is 1. The smallest absolute Gasteiger partial charge is 0.237 e. The van der Waals surface area contributed by atoms with Crippen molar-refractivity contribution in [2.75, 3.05) is 0 Å². The number of hydrogen-bond acceptors (Lipinski definition) is 2. The molecule has 3 N–H and O–H groups in total. The highest BCUT2D eigenvalue weighted by Gasteiger charge is 2.42. The second-order valence-corrected chi connectivity index (χ2v) is 6.34. The number of aryl methyl sites for hydroxylation is 1. The normalized spacial score (nSPS) is 19.9. The molecule has 3 nitrogen and oxygen atoms in total. The topological polar surface area (TPSA) is 55.1 Å². The van der Waals surface area contributed by atoms with Crippen LogP contribution in [-0.4, -0.2) is 18.0 Å². The SMILES string of the molecule is NC(CCc1ccccc1)C(=O)NC(C1CC1)C1CC1. The monoisotopic (exact) mass is 272 g/mol. The minimum Gasteiger partial charge on any atom is -0.351 e. The molecule has 0 saturated heterocycles. The van der Waals surface area contributed by atoms with E-state index in [2.05, 4.69) is 17.4 Å². The number of carbonyl (C=O) groups excluding carboxylic acids is 1. The van der Waals surface area contributed by atoms with E-state index in [1.165, 1.54) is 31.2 Å². The van der Waals surface area contributed by atoms with Crippen molar-refractivity contribution in [1.29, 1.82) is 0 Å². The van der Waals surface area contributed by atoms with Gasteiger partial charge in [0.15, 0.2) is 0 Å². The maximum atomic E-state index is 12.2. The first-order valence-electron chi connectivity index (χ1n) is 7.84. The largest absolute Gasteiger partial charge is 0.351 e. The molecule has 1 unspecified atom stereocenters. The highest BCUT2D eigenvalue weighted by molar-refractivity contribution is 5.81. The Morgan fingerprint density at radius 3 is 2.30 bits per heavy atom. The molecule has 1 atom stereocenters. The summed E-state index contributed by atoms with van der Waals surface area (Å²) in [6.45, 7) is 0. The van der Waals surface area contributed by atoms with E-state index in [1.54, 1.807) is 0 Å². The molecule has 2 saturated carbocycles. The summed E-state index contributed by atoms with van der Waals surface area (Å²) in [7, 11) is 0. The van der Waals surface area contributed by atoms with Gasteiger partial charge in [0.2, 0.25) is 5.91 Å². The van der Waals surface area contributed by atoms with Crippen LogP contribution in [0, 0.1) is 11.8 Å². The first kappa shape index (κ1) is 13.6. The lowest BCUT2D eigenvalue weighted by molar-refractivity contribution is -0.123. The van der Waals surface area contributed by atoms with E-state index in [0.29, 0.717) is 6.04 Å². The molecule has 2 aliphatic carbocycles. The molecule has 0 spiro atoms. The van der Waals surface area contributed by atoms with Gasteiger partial charge in [-0.25, -0.2) is 0 Å². The van der Waals surface area contributed by atoms with Gasteiger partial charge in [0.1, 0.15) is 0 Å². The summed E-state index contributed by atoms with van der Waals surface area (Å²) in [6, 6.07) is 10.3. The summed E-state index contributed by atoms with van der Waals surface area (Å²) in [5.41, 5.74) is 7.29. The Bertz CT molecular complexity index is 439. The predicted molar refractivity (Wildman–Crippen MR) is 80.1 cm³/mol. The van der Waals surface area contributed by atoms with Crippen LogP contribution in [0.15, 0.2) is 30.3 Å². The number of hydrogen-bond donors (Lipinski definition) is 2.